The second kappa shape index (κ2) is 7.35. The topological polar surface area (TPSA) is 37.0 Å². The molecule has 0 amide bonds. The first kappa shape index (κ1) is 14.1. The predicted molar refractivity (Wildman–Crippen MR) is 68.2 cm³/mol. The van der Waals surface area contributed by atoms with Crippen molar-refractivity contribution in [2.75, 3.05) is 13.1 Å². The third-order valence-electron chi connectivity index (χ3n) is 2.42. The highest BCUT2D eigenvalue weighted by atomic mass is 19.1. The minimum absolute atomic E-state index is 0.291. The first-order valence-electron chi connectivity index (χ1n) is 6.12. The first-order chi connectivity index (χ1) is 8.08. The molecule has 17 heavy (non-hydrogen) atoms. The lowest BCUT2D eigenvalue weighted by molar-refractivity contribution is 0.469. The SMILES string of the molecule is CC(C)CNCC(C)NCc1ccc(F)cn1. The first-order valence-corrected chi connectivity index (χ1v) is 6.12. The average Bonchev–Trinajstić information content (AvgIpc) is 2.28. The zero-order valence-electron chi connectivity index (χ0n) is 10.8. The molecular formula is C13H22FN3. The van der Waals surface area contributed by atoms with Gasteiger partial charge in [0.15, 0.2) is 0 Å². The Balaban J connectivity index is 2.19. The molecule has 4 heteroatoms. The van der Waals surface area contributed by atoms with Crippen molar-refractivity contribution < 1.29 is 4.39 Å². The van der Waals surface area contributed by atoms with Gasteiger partial charge in [-0.05, 0) is 31.5 Å². The molecule has 2 N–H and O–H groups in total. The fourth-order valence-corrected chi connectivity index (χ4v) is 1.45. The minimum Gasteiger partial charge on any atom is -0.315 e. The highest BCUT2D eigenvalue weighted by Gasteiger charge is 2.02. The van der Waals surface area contributed by atoms with E-state index in [0.29, 0.717) is 18.5 Å². The Kier molecular flexibility index (Phi) is 6.08. The van der Waals surface area contributed by atoms with E-state index in [2.05, 4.69) is 36.4 Å². The third-order valence-corrected chi connectivity index (χ3v) is 2.42. The number of aromatic nitrogens is 1. The summed E-state index contributed by atoms with van der Waals surface area (Å²) in [6.45, 7) is 9.13. The summed E-state index contributed by atoms with van der Waals surface area (Å²) >= 11 is 0. The Bertz CT molecular complexity index is 311. The van der Waals surface area contributed by atoms with Gasteiger partial charge in [-0.25, -0.2) is 4.39 Å². The second-order valence-electron chi connectivity index (χ2n) is 4.80. The van der Waals surface area contributed by atoms with Crippen LogP contribution >= 0.6 is 0 Å². The van der Waals surface area contributed by atoms with E-state index in [1.807, 2.05) is 0 Å². The normalized spacial score (nSPS) is 13.0. The van der Waals surface area contributed by atoms with Crippen molar-refractivity contribution in [3.8, 4) is 0 Å². The van der Waals surface area contributed by atoms with Crippen LogP contribution in [0.25, 0.3) is 0 Å². The number of hydrogen-bond acceptors (Lipinski definition) is 3. The van der Waals surface area contributed by atoms with E-state index in [4.69, 9.17) is 0 Å². The zero-order chi connectivity index (χ0) is 12.7. The maximum Gasteiger partial charge on any atom is 0.141 e. The monoisotopic (exact) mass is 239 g/mol. The fraction of sp³-hybridized carbons (Fsp3) is 0.615. The summed E-state index contributed by atoms with van der Waals surface area (Å²) in [4.78, 5) is 4.00. The number of nitrogens with zero attached hydrogens (tertiary/aromatic N) is 1. The number of hydrogen-bond donors (Lipinski definition) is 2. The number of halogens is 1. The van der Waals surface area contributed by atoms with Crippen molar-refractivity contribution in [2.45, 2.75) is 33.4 Å². The summed E-state index contributed by atoms with van der Waals surface area (Å²) in [6.07, 6.45) is 1.25. The summed E-state index contributed by atoms with van der Waals surface area (Å²) in [5.41, 5.74) is 0.863. The van der Waals surface area contributed by atoms with Crippen molar-refractivity contribution in [3.63, 3.8) is 0 Å². The predicted octanol–water partition coefficient (Wildman–Crippen LogP) is 1.94. The maximum atomic E-state index is 12.6. The maximum absolute atomic E-state index is 12.6. The van der Waals surface area contributed by atoms with E-state index in [1.54, 1.807) is 6.07 Å². The van der Waals surface area contributed by atoms with E-state index in [0.717, 1.165) is 18.8 Å². The summed E-state index contributed by atoms with van der Waals surface area (Å²) < 4.78 is 12.6. The molecule has 0 aliphatic carbocycles. The minimum atomic E-state index is -0.291. The fourth-order valence-electron chi connectivity index (χ4n) is 1.45. The van der Waals surface area contributed by atoms with Gasteiger partial charge in [0.25, 0.3) is 0 Å². The standard InChI is InChI=1S/C13H22FN3/c1-10(2)6-15-7-11(3)16-9-13-5-4-12(14)8-17-13/h4-5,8,10-11,15-16H,6-7,9H2,1-3H3. The molecule has 0 aliphatic rings. The lowest BCUT2D eigenvalue weighted by Gasteiger charge is -2.15. The molecular weight excluding hydrogens is 217 g/mol. The number of pyridine rings is 1. The molecule has 1 heterocycles. The Morgan fingerprint density at radius 3 is 2.59 bits per heavy atom. The molecule has 0 saturated heterocycles. The van der Waals surface area contributed by atoms with Gasteiger partial charge in [-0.3, -0.25) is 4.98 Å². The number of nitrogens with one attached hydrogen (secondary N) is 2. The molecule has 0 bridgehead atoms. The van der Waals surface area contributed by atoms with E-state index in [-0.39, 0.29) is 5.82 Å². The van der Waals surface area contributed by atoms with Crippen LogP contribution in [-0.4, -0.2) is 24.1 Å². The number of rotatable bonds is 7. The van der Waals surface area contributed by atoms with Crippen LogP contribution in [0.3, 0.4) is 0 Å². The van der Waals surface area contributed by atoms with Gasteiger partial charge in [-0.15, -0.1) is 0 Å². The molecule has 1 atom stereocenters. The van der Waals surface area contributed by atoms with Crippen LogP contribution in [0.15, 0.2) is 18.3 Å². The molecule has 0 saturated carbocycles. The highest BCUT2D eigenvalue weighted by molar-refractivity contribution is 5.04. The molecule has 1 unspecified atom stereocenters. The van der Waals surface area contributed by atoms with Crippen LogP contribution in [0.2, 0.25) is 0 Å². The van der Waals surface area contributed by atoms with Crippen LogP contribution in [0.1, 0.15) is 26.5 Å². The molecule has 1 aromatic rings. The lowest BCUT2D eigenvalue weighted by atomic mass is 10.2. The molecule has 0 aliphatic heterocycles. The van der Waals surface area contributed by atoms with Gasteiger partial charge in [0, 0.05) is 19.1 Å². The quantitative estimate of drug-likeness (QED) is 0.763. The Hall–Kier alpha value is -1.00. The summed E-state index contributed by atoms with van der Waals surface area (Å²) in [7, 11) is 0. The second-order valence-corrected chi connectivity index (χ2v) is 4.80. The van der Waals surface area contributed by atoms with Crippen molar-refractivity contribution in [3.05, 3.63) is 29.8 Å². The smallest absolute Gasteiger partial charge is 0.141 e. The van der Waals surface area contributed by atoms with Crippen LogP contribution < -0.4 is 10.6 Å². The third kappa shape index (κ3) is 6.34. The zero-order valence-corrected chi connectivity index (χ0v) is 10.8. The molecule has 96 valence electrons. The van der Waals surface area contributed by atoms with Gasteiger partial charge in [-0.1, -0.05) is 13.8 Å². The van der Waals surface area contributed by atoms with Crippen LogP contribution in [-0.2, 0) is 6.54 Å². The Labute approximate surface area is 103 Å². The summed E-state index contributed by atoms with van der Waals surface area (Å²) in [5, 5.41) is 6.73. The van der Waals surface area contributed by atoms with Crippen molar-refractivity contribution in [2.24, 2.45) is 5.92 Å². The van der Waals surface area contributed by atoms with Gasteiger partial charge in [0.1, 0.15) is 5.82 Å². The van der Waals surface area contributed by atoms with Crippen molar-refractivity contribution >= 4 is 0 Å². The molecule has 0 fully saturated rings. The molecule has 3 nitrogen and oxygen atoms in total. The van der Waals surface area contributed by atoms with E-state index >= 15 is 0 Å². The average molecular weight is 239 g/mol. The highest BCUT2D eigenvalue weighted by Crippen LogP contribution is 1.98. The van der Waals surface area contributed by atoms with Crippen LogP contribution in [0.5, 0.6) is 0 Å². The largest absolute Gasteiger partial charge is 0.315 e. The van der Waals surface area contributed by atoms with Crippen LogP contribution in [0, 0.1) is 11.7 Å². The van der Waals surface area contributed by atoms with Crippen molar-refractivity contribution in [1.29, 1.82) is 0 Å². The molecule has 0 radical (unpaired) electrons. The van der Waals surface area contributed by atoms with Gasteiger partial charge in [0.05, 0.1) is 11.9 Å². The Morgan fingerprint density at radius 2 is 2.00 bits per heavy atom. The van der Waals surface area contributed by atoms with E-state index < -0.39 is 0 Å². The molecule has 1 rings (SSSR count). The molecule has 1 aromatic heterocycles. The van der Waals surface area contributed by atoms with Crippen molar-refractivity contribution in [1.82, 2.24) is 15.6 Å². The Morgan fingerprint density at radius 1 is 1.24 bits per heavy atom. The lowest BCUT2D eigenvalue weighted by Crippen LogP contribution is -2.37. The van der Waals surface area contributed by atoms with Gasteiger partial charge < -0.3 is 10.6 Å². The van der Waals surface area contributed by atoms with Gasteiger partial charge in [0.2, 0.25) is 0 Å². The molecule has 0 aromatic carbocycles. The van der Waals surface area contributed by atoms with E-state index in [1.165, 1.54) is 12.3 Å². The van der Waals surface area contributed by atoms with Gasteiger partial charge in [-0.2, -0.15) is 0 Å². The summed E-state index contributed by atoms with van der Waals surface area (Å²) in [6, 6.07) is 3.52. The molecule has 0 spiro atoms. The van der Waals surface area contributed by atoms with Gasteiger partial charge >= 0.3 is 0 Å². The summed E-state index contributed by atoms with van der Waals surface area (Å²) in [5.74, 6) is 0.376. The van der Waals surface area contributed by atoms with E-state index in [9.17, 15) is 4.39 Å². The van der Waals surface area contributed by atoms with Crippen LogP contribution in [0.4, 0.5) is 4.39 Å².